The average Bonchev–Trinajstić information content (AvgIpc) is 2.77. The van der Waals surface area contributed by atoms with Gasteiger partial charge in [-0.15, -0.1) is 0 Å². The van der Waals surface area contributed by atoms with Crippen molar-refractivity contribution < 1.29 is 18.7 Å². The fraction of sp³-hybridized carbons (Fsp3) is 0.565. The Kier molecular flexibility index (Phi) is 6.69. The average molecular weight is 415 g/mol. The number of nitrogens with zero attached hydrogens (tertiary/aromatic N) is 2. The number of rotatable bonds is 7. The first kappa shape index (κ1) is 20.9. The number of anilines is 1. The Balaban J connectivity index is 1.60. The van der Waals surface area contributed by atoms with E-state index in [1.165, 1.54) is 0 Å². The van der Waals surface area contributed by atoms with Crippen molar-refractivity contribution >= 4 is 22.6 Å². The first-order valence-electron chi connectivity index (χ1n) is 11.0. The lowest BCUT2D eigenvalue weighted by Gasteiger charge is -2.32. The van der Waals surface area contributed by atoms with Gasteiger partial charge in [-0.1, -0.05) is 19.8 Å². The molecule has 1 aromatic carbocycles. The molecule has 2 aliphatic heterocycles. The van der Waals surface area contributed by atoms with E-state index in [9.17, 15) is 9.59 Å². The predicted molar refractivity (Wildman–Crippen MR) is 115 cm³/mol. The molecule has 4 rings (SSSR count). The zero-order chi connectivity index (χ0) is 20.9. The third-order valence-electron chi connectivity index (χ3n) is 5.82. The van der Waals surface area contributed by atoms with E-state index in [0.29, 0.717) is 44.2 Å². The van der Waals surface area contributed by atoms with Crippen LogP contribution in [-0.2, 0) is 16.0 Å². The van der Waals surface area contributed by atoms with Crippen LogP contribution >= 0.6 is 0 Å². The minimum absolute atomic E-state index is 0.0588. The van der Waals surface area contributed by atoms with Crippen molar-refractivity contribution in [3.63, 3.8) is 0 Å². The van der Waals surface area contributed by atoms with E-state index in [4.69, 9.17) is 13.9 Å². The van der Waals surface area contributed by atoms with Crippen LogP contribution < -0.4 is 15.3 Å². The van der Waals surface area contributed by atoms with Gasteiger partial charge in [-0.3, -0.25) is 9.69 Å². The highest BCUT2D eigenvalue weighted by Gasteiger charge is 2.29. The third kappa shape index (κ3) is 4.52. The van der Waals surface area contributed by atoms with Gasteiger partial charge in [0.15, 0.2) is 0 Å². The Morgan fingerprint density at radius 3 is 2.80 bits per heavy atom. The van der Waals surface area contributed by atoms with Crippen molar-refractivity contribution in [2.24, 2.45) is 0 Å². The van der Waals surface area contributed by atoms with Gasteiger partial charge in [0.1, 0.15) is 17.0 Å². The first-order valence-corrected chi connectivity index (χ1v) is 11.0. The maximum absolute atomic E-state index is 13.0. The molecule has 0 spiro atoms. The smallest absolute Gasteiger partial charge is 0.360 e. The maximum atomic E-state index is 13.0. The van der Waals surface area contributed by atoms with Crippen molar-refractivity contribution in [1.29, 1.82) is 0 Å². The van der Waals surface area contributed by atoms with Crippen molar-refractivity contribution in [1.82, 2.24) is 4.90 Å². The van der Waals surface area contributed by atoms with E-state index in [2.05, 4.69) is 11.8 Å². The molecule has 1 saturated heterocycles. The van der Waals surface area contributed by atoms with Gasteiger partial charge in [-0.2, -0.15) is 0 Å². The van der Waals surface area contributed by atoms with Crippen LogP contribution in [0.2, 0.25) is 0 Å². The van der Waals surface area contributed by atoms with E-state index in [0.717, 1.165) is 61.9 Å². The second-order valence-corrected chi connectivity index (χ2v) is 7.97. The number of aryl methyl sites for hydroxylation is 1. The zero-order valence-electron chi connectivity index (χ0n) is 17.7. The van der Waals surface area contributed by atoms with Crippen LogP contribution in [0.1, 0.15) is 38.2 Å². The molecule has 0 aliphatic carbocycles. The summed E-state index contributed by atoms with van der Waals surface area (Å²) >= 11 is 0. The highest BCUT2D eigenvalue weighted by molar-refractivity contribution is 5.98. The number of hydrogen-bond acceptors (Lipinski definition) is 6. The lowest BCUT2D eigenvalue weighted by atomic mass is 9.98. The van der Waals surface area contributed by atoms with Gasteiger partial charge in [0.05, 0.1) is 26.4 Å². The van der Waals surface area contributed by atoms with Crippen LogP contribution in [0.3, 0.4) is 0 Å². The van der Waals surface area contributed by atoms with Gasteiger partial charge in [0, 0.05) is 25.0 Å². The van der Waals surface area contributed by atoms with Gasteiger partial charge in [-0.05, 0) is 43.0 Å². The van der Waals surface area contributed by atoms with Crippen LogP contribution in [-0.4, -0.2) is 56.8 Å². The normalized spacial score (nSPS) is 17.2. The van der Waals surface area contributed by atoms with Crippen LogP contribution in [0, 0.1) is 0 Å². The summed E-state index contributed by atoms with van der Waals surface area (Å²) in [6.45, 7) is 6.41. The SMILES string of the molecule is CCCCCOc1ccc2oc(=O)c3c(c2c1)CCCN3C(=O)CN1CCOCC1. The molecule has 0 bridgehead atoms. The number of carbonyl (C=O) groups excluding carboxylic acids is 1. The van der Waals surface area contributed by atoms with Crippen LogP contribution in [0.5, 0.6) is 5.75 Å². The summed E-state index contributed by atoms with van der Waals surface area (Å²) < 4.78 is 16.8. The highest BCUT2D eigenvalue weighted by Crippen LogP contribution is 2.33. The standard InChI is InChI=1S/C23H30N2O5/c1-2-3-4-12-29-17-7-8-20-19(15-17)18-6-5-9-25(22(18)23(27)30-20)21(26)16-24-10-13-28-14-11-24/h7-8,15H,2-6,9-14,16H2,1H3. The summed E-state index contributed by atoms with van der Waals surface area (Å²) in [5.74, 6) is 0.711. The van der Waals surface area contributed by atoms with Gasteiger partial charge in [-0.25, -0.2) is 4.79 Å². The lowest BCUT2D eigenvalue weighted by molar-refractivity contribution is -0.120. The quantitative estimate of drug-likeness (QED) is 0.512. The third-order valence-corrected chi connectivity index (χ3v) is 5.82. The van der Waals surface area contributed by atoms with Crippen LogP contribution in [0.25, 0.3) is 11.0 Å². The Bertz CT molecular complexity index is 948. The molecule has 30 heavy (non-hydrogen) atoms. The summed E-state index contributed by atoms with van der Waals surface area (Å²) in [6, 6.07) is 5.58. The van der Waals surface area contributed by atoms with E-state index >= 15 is 0 Å². The second-order valence-electron chi connectivity index (χ2n) is 7.97. The summed E-state index contributed by atoms with van der Waals surface area (Å²) in [5, 5.41) is 0.862. The van der Waals surface area contributed by atoms with Crippen LogP contribution in [0.4, 0.5) is 5.69 Å². The minimum atomic E-state index is -0.441. The molecule has 0 N–H and O–H groups in total. The Hall–Kier alpha value is -2.38. The Morgan fingerprint density at radius 2 is 2.00 bits per heavy atom. The lowest BCUT2D eigenvalue weighted by Crippen LogP contribution is -2.47. The fourth-order valence-electron chi connectivity index (χ4n) is 4.20. The number of ether oxygens (including phenoxy) is 2. The number of morpholine rings is 1. The molecule has 0 saturated carbocycles. The summed E-state index contributed by atoms with van der Waals surface area (Å²) in [7, 11) is 0. The van der Waals surface area contributed by atoms with Crippen molar-refractivity contribution in [3.05, 3.63) is 34.2 Å². The molecule has 0 atom stereocenters. The largest absolute Gasteiger partial charge is 0.494 e. The van der Waals surface area contributed by atoms with Crippen molar-refractivity contribution in [2.45, 2.75) is 39.0 Å². The van der Waals surface area contributed by atoms with Crippen LogP contribution in [0.15, 0.2) is 27.4 Å². The molecule has 2 aromatic rings. The molecule has 0 unspecified atom stereocenters. The van der Waals surface area contributed by atoms with Gasteiger partial charge >= 0.3 is 5.63 Å². The predicted octanol–water partition coefficient (Wildman–Crippen LogP) is 2.97. The van der Waals surface area contributed by atoms with Crippen molar-refractivity contribution in [3.8, 4) is 5.75 Å². The molecule has 0 radical (unpaired) electrons. The summed E-state index contributed by atoms with van der Waals surface area (Å²) in [5.41, 5.74) is 1.39. The molecule has 162 valence electrons. The monoisotopic (exact) mass is 414 g/mol. The number of hydrogen-bond donors (Lipinski definition) is 0. The second kappa shape index (κ2) is 9.62. The molecule has 7 heteroatoms. The number of benzene rings is 1. The highest BCUT2D eigenvalue weighted by atomic mass is 16.5. The number of unbranched alkanes of at least 4 members (excludes halogenated alkanes) is 2. The number of amides is 1. The molecule has 7 nitrogen and oxygen atoms in total. The van der Waals surface area contributed by atoms with Gasteiger partial charge in [0.25, 0.3) is 0 Å². The van der Waals surface area contributed by atoms with E-state index in [-0.39, 0.29) is 5.91 Å². The van der Waals surface area contributed by atoms with E-state index in [1.807, 2.05) is 12.1 Å². The molecular formula is C23H30N2O5. The summed E-state index contributed by atoms with van der Waals surface area (Å²) in [4.78, 5) is 29.5. The van der Waals surface area contributed by atoms with E-state index < -0.39 is 5.63 Å². The van der Waals surface area contributed by atoms with Gasteiger partial charge in [0.2, 0.25) is 5.91 Å². The van der Waals surface area contributed by atoms with Crippen molar-refractivity contribution in [2.75, 3.05) is 50.9 Å². The molecular weight excluding hydrogens is 384 g/mol. The topological polar surface area (TPSA) is 72.2 Å². The molecule has 2 aliphatic rings. The number of carbonyl (C=O) groups is 1. The Morgan fingerprint density at radius 1 is 1.17 bits per heavy atom. The first-order chi connectivity index (χ1) is 14.7. The minimum Gasteiger partial charge on any atom is -0.494 e. The molecule has 1 aromatic heterocycles. The van der Waals surface area contributed by atoms with E-state index in [1.54, 1.807) is 11.0 Å². The molecule has 3 heterocycles. The molecule has 1 fully saturated rings. The molecule has 1 amide bonds. The zero-order valence-corrected chi connectivity index (χ0v) is 17.7. The Labute approximate surface area is 176 Å². The fourth-order valence-corrected chi connectivity index (χ4v) is 4.20. The maximum Gasteiger partial charge on any atom is 0.360 e. The number of fused-ring (bicyclic) bond motifs is 3. The van der Waals surface area contributed by atoms with Gasteiger partial charge < -0.3 is 18.8 Å². The summed E-state index contributed by atoms with van der Waals surface area (Å²) in [6.07, 6.45) is 4.87.